The first kappa shape index (κ1) is 21.1. The molecule has 126 valence electrons. The minimum absolute atomic E-state index is 0. The van der Waals surface area contributed by atoms with Crippen LogP contribution in [0.2, 0.25) is 0 Å². The Labute approximate surface area is 148 Å². The number of nitrogens with one attached hydrogen (secondary N) is 2. The number of guanidine groups is 1. The van der Waals surface area contributed by atoms with E-state index >= 15 is 0 Å². The van der Waals surface area contributed by atoms with E-state index in [9.17, 15) is 12.8 Å². The van der Waals surface area contributed by atoms with Crippen LogP contribution in [0.1, 0.15) is 12.5 Å². The lowest BCUT2D eigenvalue weighted by molar-refractivity contribution is 0.601. The van der Waals surface area contributed by atoms with Crippen molar-refractivity contribution >= 4 is 39.8 Å². The Morgan fingerprint density at radius 2 is 1.95 bits per heavy atom. The van der Waals surface area contributed by atoms with Crippen LogP contribution in [0.3, 0.4) is 0 Å². The molecule has 2 N–H and O–H groups in total. The lowest BCUT2D eigenvalue weighted by Gasteiger charge is -2.11. The molecule has 0 spiro atoms. The van der Waals surface area contributed by atoms with Gasteiger partial charge in [-0.05, 0) is 25.0 Å². The van der Waals surface area contributed by atoms with Crippen molar-refractivity contribution in [1.82, 2.24) is 10.6 Å². The zero-order valence-corrected chi connectivity index (χ0v) is 15.9. The Morgan fingerprint density at radius 3 is 2.55 bits per heavy atom. The smallest absolute Gasteiger partial charge is 0.191 e. The Hall–Kier alpha value is -0.900. The van der Waals surface area contributed by atoms with Gasteiger partial charge in [-0.3, -0.25) is 4.99 Å². The molecule has 0 unspecified atom stereocenters. The third-order valence-corrected chi connectivity index (χ3v) is 3.64. The molecule has 8 heteroatoms. The van der Waals surface area contributed by atoms with Gasteiger partial charge in [0.1, 0.15) is 15.7 Å². The third-order valence-electron chi connectivity index (χ3n) is 2.72. The average Bonchev–Trinajstić information content (AvgIpc) is 2.39. The van der Waals surface area contributed by atoms with Crippen molar-refractivity contribution in [3.63, 3.8) is 0 Å². The van der Waals surface area contributed by atoms with Crippen LogP contribution in [0, 0.1) is 5.82 Å². The molecule has 0 amide bonds. The monoisotopic (exact) mass is 443 g/mol. The van der Waals surface area contributed by atoms with Gasteiger partial charge in [0.05, 0.1) is 12.3 Å². The van der Waals surface area contributed by atoms with Crippen molar-refractivity contribution in [2.75, 3.05) is 31.6 Å². The van der Waals surface area contributed by atoms with E-state index in [0.717, 1.165) is 0 Å². The highest BCUT2D eigenvalue weighted by Crippen LogP contribution is 2.05. The normalized spacial score (nSPS) is 11.7. The van der Waals surface area contributed by atoms with Crippen LogP contribution in [-0.2, 0) is 16.3 Å². The van der Waals surface area contributed by atoms with E-state index in [-0.39, 0.29) is 42.1 Å². The van der Waals surface area contributed by atoms with E-state index in [1.807, 2.05) is 6.92 Å². The first-order valence-electron chi connectivity index (χ1n) is 6.85. The maximum atomic E-state index is 13.5. The number of rotatable bonds is 7. The molecule has 1 aromatic carbocycles. The summed E-state index contributed by atoms with van der Waals surface area (Å²) in [6.45, 7) is 3.31. The largest absolute Gasteiger partial charge is 0.357 e. The predicted octanol–water partition coefficient (Wildman–Crippen LogP) is 1.59. The van der Waals surface area contributed by atoms with Gasteiger partial charge in [-0.1, -0.05) is 18.2 Å². The molecule has 0 aliphatic rings. The molecule has 0 radical (unpaired) electrons. The number of benzene rings is 1. The van der Waals surface area contributed by atoms with E-state index in [2.05, 4.69) is 15.6 Å². The molecule has 0 aliphatic heterocycles. The summed E-state index contributed by atoms with van der Waals surface area (Å²) in [7, 11) is -3.02. The van der Waals surface area contributed by atoms with Gasteiger partial charge in [-0.15, -0.1) is 24.0 Å². The summed E-state index contributed by atoms with van der Waals surface area (Å²) in [6.07, 6.45) is 1.71. The van der Waals surface area contributed by atoms with Gasteiger partial charge in [0.25, 0.3) is 0 Å². The van der Waals surface area contributed by atoms with Crippen molar-refractivity contribution in [1.29, 1.82) is 0 Å². The van der Waals surface area contributed by atoms with Crippen LogP contribution >= 0.6 is 24.0 Å². The molecule has 0 saturated heterocycles. The van der Waals surface area contributed by atoms with E-state index in [1.165, 1.54) is 12.3 Å². The lowest BCUT2D eigenvalue weighted by Crippen LogP contribution is -2.38. The van der Waals surface area contributed by atoms with E-state index in [1.54, 1.807) is 18.2 Å². The first-order valence-corrected chi connectivity index (χ1v) is 8.91. The standard InChI is InChI=1S/C14H22FN3O2S.HI/c1-3-16-14(18-10-11-21(2,19)20)17-9-8-12-6-4-5-7-13(12)15;/h4-7H,3,8-11H2,1-2H3,(H2,16,17,18);1H. The summed E-state index contributed by atoms with van der Waals surface area (Å²) in [5.74, 6) is 0.326. The first-order chi connectivity index (χ1) is 9.92. The molecular formula is C14H23FIN3O2S. The van der Waals surface area contributed by atoms with E-state index in [0.29, 0.717) is 31.0 Å². The number of sulfone groups is 1. The summed E-state index contributed by atoms with van der Waals surface area (Å²) >= 11 is 0. The Morgan fingerprint density at radius 1 is 1.27 bits per heavy atom. The molecule has 0 bridgehead atoms. The summed E-state index contributed by atoms with van der Waals surface area (Å²) in [5.41, 5.74) is 0.636. The lowest BCUT2D eigenvalue weighted by atomic mass is 10.1. The van der Waals surface area contributed by atoms with Gasteiger partial charge in [-0.25, -0.2) is 12.8 Å². The number of hydrogen-bond acceptors (Lipinski definition) is 3. The summed E-state index contributed by atoms with van der Waals surface area (Å²) < 4.78 is 35.6. The highest BCUT2D eigenvalue weighted by molar-refractivity contribution is 14.0. The number of hydrogen-bond donors (Lipinski definition) is 2. The van der Waals surface area contributed by atoms with Crippen LogP contribution in [0.15, 0.2) is 29.3 Å². The van der Waals surface area contributed by atoms with Crippen LogP contribution in [0.25, 0.3) is 0 Å². The quantitative estimate of drug-likeness (QED) is 0.382. The molecule has 0 heterocycles. The molecule has 0 aromatic heterocycles. The molecule has 0 saturated carbocycles. The second-order valence-electron chi connectivity index (χ2n) is 4.66. The van der Waals surface area contributed by atoms with Crippen LogP contribution in [-0.4, -0.2) is 46.0 Å². The second kappa shape index (κ2) is 10.8. The SMILES string of the molecule is CCNC(=NCCS(C)(=O)=O)NCCc1ccccc1F.I. The highest BCUT2D eigenvalue weighted by Gasteiger charge is 2.03. The zero-order chi connectivity index (χ0) is 15.7. The van der Waals surface area contributed by atoms with Crippen LogP contribution in [0.5, 0.6) is 0 Å². The summed E-state index contributed by atoms with van der Waals surface area (Å²) in [4.78, 5) is 4.17. The number of aliphatic imine (C=N–C) groups is 1. The van der Waals surface area contributed by atoms with Crippen LogP contribution < -0.4 is 10.6 Å². The molecule has 0 aliphatic carbocycles. The van der Waals surface area contributed by atoms with Gasteiger partial charge in [-0.2, -0.15) is 0 Å². The van der Waals surface area contributed by atoms with Crippen molar-refractivity contribution in [3.8, 4) is 0 Å². The summed E-state index contributed by atoms with van der Waals surface area (Å²) in [6, 6.07) is 6.62. The Kier molecular flexibility index (Phi) is 10.3. The Balaban J connectivity index is 0.00000441. The third kappa shape index (κ3) is 9.19. The Bertz CT molecular complexity index is 579. The maximum absolute atomic E-state index is 13.5. The van der Waals surface area contributed by atoms with Gasteiger partial charge in [0, 0.05) is 19.3 Å². The molecule has 1 rings (SSSR count). The zero-order valence-electron chi connectivity index (χ0n) is 12.8. The molecule has 1 aromatic rings. The van der Waals surface area contributed by atoms with Crippen molar-refractivity contribution in [2.45, 2.75) is 13.3 Å². The minimum Gasteiger partial charge on any atom is -0.357 e. The molecule has 22 heavy (non-hydrogen) atoms. The fourth-order valence-corrected chi connectivity index (χ4v) is 2.10. The molecular weight excluding hydrogens is 420 g/mol. The van der Waals surface area contributed by atoms with Gasteiger partial charge in [0.15, 0.2) is 5.96 Å². The molecule has 5 nitrogen and oxygen atoms in total. The fourth-order valence-electron chi connectivity index (χ4n) is 1.68. The van der Waals surface area contributed by atoms with Crippen molar-refractivity contribution in [2.24, 2.45) is 4.99 Å². The van der Waals surface area contributed by atoms with Crippen LogP contribution in [0.4, 0.5) is 4.39 Å². The summed E-state index contributed by atoms with van der Waals surface area (Å²) in [5, 5.41) is 6.08. The van der Waals surface area contributed by atoms with E-state index in [4.69, 9.17) is 0 Å². The molecule has 0 atom stereocenters. The van der Waals surface area contributed by atoms with Gasteiger partial charge >= 0.3 is 0 Å². The predicted molar refractivity (Wildman–Crippen MR) is 99.2 cm³/mol. The van der Waals surface area contributed by atoms with Gasteiger partial charge in [0.2, 0.25) is 0 Å². The van der Waals surface area contributed by atoms with E-state index < -0.39 is 9.84 Å². The average molecular weight is 443 g/mol. The fraction of sp³-hybridized carbons (Fsp3) is 0.500. The topological polar surface area (TPSA) is 70.6 Å². The van der Waals surface area contributed by atoms with Crippen molar-refractivity contribution < 1.29 is 12.8 Å². The highest BCUT2D eigenvalue weighted by atomic mass is 127. The second-order valence-corrected chi connectivity index (χ2v) is 6.92. The molecule has 0 fully saturated rings. The maximum Gasteiger partial charge on any atom is 0.191 e. The number of halogens is 2. The van der Waals surface area contributed by atoms with Crippen molar-refractivity contribution in [3.05, 3.63) is 35.6 Å². The number of nitrogens with zero attached hydrogens (tertiary/aromatic N) is 1. The van der Waals surface area contributed by atoms with Gasteiger partial charge < -0.3 is 10.6 Å². The minimum atomic E-state index is -3.02.